The third-order valence-electron chi connectivity index (χ3n) is 4.24. The molecule has 0 radical (unpaired) electrons. The van der Waals surface area contributed by atoms with Gasteiger partial charge in [-0.3, -0.25) is 4.90 Å². The summed E-state index contributed by atoms with van der Waals surface area (Å²) in [6.07, 6.45) is 3.60. The van der Waals surface area contributed by atoms with Gasteiger partial charge in [0.25, 0.3) is 0 Å². The normalized spacial score (nSPS) is 24.0. The standard InChI is InChI=1S/C13H19ClN4O2S/c1-15-13-12(14)7-11(8-16-13)21(19,20)18-6-5-17-4-2-3-10(17)9-18/h7-8,10H,2-6,9H2,1H3,(H,15,16). The van der Waals surface area contributed by atoms with Crippen molar-refractivity contribution in [2.75, 3.05) is 38.5 Å². The lowest BCUT2D eigenvalue weighted by Crippen LogP contribution is -2.51. The van der Waals surface area contributed by atoms with Gasteiger partial charge in [-0.25, -0.2) is 13.4 Å². The van der Waals surface area contributed by atoms with E-state index in [0.717, 1.165) is 25.9 Å². The number of fused-ring (bicyclic) bond motifs is 1. The molecule has 1 aromatic rings. The predicted molar refractivity (Wildman–Crippen MR) is 82.1 cm³/mol. The molecule has 6 nitrogen and oxygen atoms in total. The number of hydrogen-bond donors (Lipinski definition) is 1. The smallest absolute Gasteiger partial charge is 0.244 e. The quantitative estimate of drug-likeness (QED) is 0.903. The molecule has 116 valence electrons. The zero-order valence-electron chi connectivity index (χ0n) is 11.9. The molecule has 0 spiro atoms. The van der Waals surface area contributed by atoms with Crippen LogP contribution in [-0.2, 0) is 10.0 Å². The Bertz CT molecular complexity index is 637. The first-order chi connectivity index (χ1) is 10.0. The molecule has 1 N–H and O–H groups in total. The minimum Gasteiger partial charge on any atom is -0.372 e. The van der Waals surface area contributed by atoms with Crippen LogP contribution in [0.25, 0.3) is 0 Å². The van der Waals surface area contributed by atoms with Crippen molar-refractivity contribution >= 4 is 27.4 Å². The van der Waals surface area contributed by atoms with E-state index in [1.165, 1.54) is 12.3 Å². The maximum absolute atomic E-state index is 12.7. The van der Waals surface area contributed by atoms with Crippen LogP contribution in [0.1, 0.15) is 12.8 Å². The number of nitrogens with zero attached hydrogens (tertiary/aromatic N) is 3. The summed E-state index contributed by atoms with van der Waals surface area (Å²) in [6.45, 7) is 2.99. The van der Waals surface area contributed by atoms with Gasteiger partial charge in [0.15, 0.2) is 0 Å². The third-order valence-corrected chi connectivity index (χ3v) is 6.36. The molecule has 2 saturated heterocycles. The lowest BCUT2D eigenvalue weighted by atomic mass is 10.2. The van der Waals surface area contributed by atoms with E-state index in [1.54, 1.807) is 11.4 Å². The van der Waals surface area contributed by atoms with E-state index in [1.807, 2.05) is 0 Å². The molecule has 0 aliphatic carbocycles. The van der Waals surface area contributed by atoms with Gasteiger partial charge in [-0.1, -0.05) is 11.6 Å². The summed E-state index contributed by atoms with van der Waals surface area (Å²) in [6, 6.07) is 1.82. The Morgan fingerprint density at radius 1 is 1.38 bits per heavy atom. The van der Waals surface area contributed by atoms with Crippen molar-refractivity contribution in [1.82, 2.24) is 14.2 Å². The first-order valence-corrected chi connectivity index (χ1v) is 8.91. The highest BCUT2D eigenvalue weighted by Crippen LogP contribution is 2.28. The second-order valence-corrected chi connectivity index (χ2v) is 7.79. The van der Waals surface area contributed by atoms with Crippen molar-refractivity contribution in [3.63, 3.8) is 0 Å². The molecular formula is C13H19ClN4O2S. The lowest BCUT2D eigenvalue weighted by molar-refractivity contribution is 0.158. The lowest BCUT2D eigenvalue weighted by Gasteiger charge is -2.36. The van der Waals surface area contributed by atoms with Crippen LogP contribution in [0.5, 0.6) is 0 Å². The van der Waals surface area contributed by atoms with E-state index in [2.05, 4.69) is 15.2 Å². The minimum absolute atomic E-state index is 0.165. The average Bonchev–Trinajstić information content (AvgIpc) is 2.94. The number of aromatic nitrogens is 1. The molecule has 0 amide bonds. The summed E-state index contributed by atoms with van der Waals surface area (Å²) in [7, 11) is -1.82. The topological polar surface area (TPSA) is 65.5 Å². The highest BCUT2D eigenvalue weighted by molar-refractivity contribution is 7.89. The zero-order valence-corrected chi connectivity index (χ0v) is 13.5. The van der Waals surface area contributed by atoms with Gasteiger partial charge in [0, 0.05) is 38.9 Å². The van der Waals surface area contributed by atoms with Gasteiger partial charge in [0.1, 0.15) is 10.7 Å². The van der Waals surface area contributed by atoms with E-state index in [0.29, 0.717) is 30.0 Å². The Morgan fingerprint density at radius 3 is 2.90 bits per heavy atom. The molecule has 1 atom stereocenters. The number of sulfonamides is 1. The van der Waals surface area contributed by atoms with Gasteiger partial charge in [-0.2, -0.15) is 4.31 Å². The molecule has 1 unspecified atom stereocenters. The highest BCUT2D eigenvalue weighted by atomic mass is 35.5. The van der Waals surface area contributed by atoms with Crippen LogP contribution < -0.4 is 5.32 Å². The molecule has 3 rings (SSSR count). The summed E-state index contributed by atoms with van der Waals surface area (Å²) in [5.74, 6) is 0.483. The highest BCUT2D eigenvalue weighted by Gasteiger charge is 2.36. The number of halogens is 1. The number of nitrogens with one attached hydrogen (secondary N) is 1. The summed E-state index contributed by atoms with van der Waals surface area (Å²) < 4.78 is 27.0. The molecule has 2 aliphatic heterocycles. The van der Waals surface area contributed by atoms with Crippen LogP contribution in [0.3, 0.4) is 0 Å². The van der Waals surface area contributed by atoms with Gasteiger partial charge in [-0.15, -0.1) is 0 Å². The summed E-state index contributed by atoms with van der Waals surface area (Å²) in [4.78, 5) is 6.61. The van der Waals surface area contributed by atoms with Crippen molar-refractivity contribution in [3.8, 4) is 0 Å². The number of piperazine rings is 1. The van der Waals surface area contributed by atoms with Crippen LogP contribution in [-0.4, -0.2) is 61.9 Å². The maximum atomic E-state index is 12.7. The van der Waals surface area contributed by atoms with Gasteiger partial charge >= 0.3 is 0 Å². The number of anilines is 1. The predicted octanol–water partition coefficient (Wildman–Crippen LogP) is 1.25. The summed E-state index contributed by atoms with van der Waals surface area (Å²) >= 11 is 6.05. The molecule has 8 heteroatoms. The Balaban J connectivity index is 1.85. The van der Waals surface area contributed by atoms with Crippen molar-refractivity contribution in [2.24, 2.45) is 0 Å². The zero-order chi connectivity index (χ0) is 15.0. The fraction of sp³-hybridized carbons (Fsp3) is 0.615. The molecule has 21 heavy (non-hydrogen) atoms. The van der Waals surface area contributed by atoms with Crippen molar-refractivity contribution in [3.05, 3.63) is 17.3 Å². The molecule has 0 aromatic carbocycles. The van der Waals surface area contributed by atoms with E-state index < -0.39 is 10.0 Å². The molecule has 3 heterocycles. The van der Waals surface area contributed by atoms with Crippen LogP contribution in [0.2, 0.25) is 5.02 Å². The Hall–Kier alpha value is -0.890. The van der Waals surface area contributed by atoms with Crippen LogP contribution in [0, 0.1) is 0 Å². The second-order valence-electron chi connectivity index (χ2n) is 5.45. The first kappa shape index (κ1) is 15.0. The van der Waals surface area contributed by atoms with E-state index in [4.69, 9.17) is 11.6 Å². The van der Waals surface area contributed by atoms with Crippen molar-refractivity contribution in [1.29, 1.82) is 0 Å². The SMILES string of the molecule is CNc1ncc(S(=O)(=O)N2CCN3CCCC3C2)cc1Cl. The van der Waals surface area contributed by atoms with Gasteiger partial charge in [0.2, 0.25) is 10.0 Å². The minimum atomic E-state index is -3.52. The summed E-state index contributed by atoms with van der Waals surface area (Å²) in [5, 5.41) is 3.14. The number of rotatable bonds is 3. The monoisotopic (exact) mass is 330 g/mol. The molecule has 1 aromatic heterocycles. The van der Waals surface area contributed by atoms with Gasteiger partial charge in [-0.05, 0) is 25.5 Å². The number of hydrogen-bond acceptors (Lipinski definition) is 5. The van der Waals surface area contributed by atoms with Crippen molar-refractivity contribution in [2.45, 2.75) is 23.8 Å². The Morgan fingerprint density at radius 2 is 2.19 bits per heavy atom. The summed E-state index contributed by atoms with van der Waals surface area (Å²) in [5.41, 5.74) is 0. The van der Waals surface area contributed by atoms with E-state index in [-0.39, 0.29) is 4.90 Å². The first-order valence-electron chi connectivity index (χ1n) is 7.10. The van der Waals surface area contributed by atoms with Gasteiger partial charge < -0.3 is 5.32 Å². The number of pyridine rings is 1. The van der Waals surface area contributed by atoms with Crippen molar-refractivity contribution < 1.29 is 8.42 Å². The second kappa shape index (κ2) is 5.72. The van der Waals surface area contributed by atoms with Crippen LogP contribution >= 0.6 is 11.6 Å². The Kier molecular flexibility index (Phi) is 4.09. The molecule has 0 saturated carbocycles. The van der Waals surface area contributed by atoms with Crippen LogP contribution in [0.15, 0.2) is 17.2 Å². The van der Waals surface area contributed by atoms with Gasteiger partial charge in [0.05, 0.1) is 5.02 Å². The molecule has 2 fully saturated rings. The average molecular weight is 331 g/mol. The fourth-order valence-electron chi connectivity index (χ4n) is 3.08. The maximum Gasteiger partial charge on any atom is 0.244 e. The molecular weight excluding hydrogens is 312 g/mol. The Labute approximate surface area is 130 Å². The largest absolute Gasteiger partial charge is 0.372 e. The van der Waals surface area contributed by atoms with E-state index in [9.17, 15) is 8.42 Å². The molecule has 0 bridgehead atoms. The molecule has 2 aliphatic rings. The van der Waals surface area contributed by atoms with E-state index >= 15 is 0 Å². The fourth-order valence-corrected chi connectivity index (χ4v) is 4.84. The van der Waals surface area contributed by atoms with Crippen LogP contribution in [0.4, 0.5) is 5.82 Å². The third kappa shape index (κ3) is 2.75.